The first-order chi connectivity index (χ1) is 13.2. The van der Waals surface area contributed by atoms with E-state index in [-0.39, 0.29) is 5.91 Å². The lowest BCUT2D eigenvalue weighted by molar-refractivity contribution is 0.0739. The molecule has 0 aromatic carbocycles. The van der Waals surface area contributed by atoms with Gasteiger partial charge in [0.2, 0.25) is 0 Å². The summed E-state index contributed by atoms with van der Waals surface area (Å²) in [6.45, 7) is 5.14. The van der Waals surface area contributed by atoms with Gasteiger partial charge in [-0.05, 0) is 37.3 Å². The van der Waals surface area contributed by atoms with Crippen LogP contribution in [0.1, 0.15) is 35.1 Å². The average Bonchev–Trinajstić information content (AvgIpc) is 3.33. The Hall–Kier alpha value is -2.90. The molecule has 8 nitrogen and oxygen atoms in total. The Morgan fingerprint density at radius 3 is 2.93 bits per heavy atom. The lowest BCUT2D eigenvalue weighted by Gasteiger charge is -2.35. The van der Waals surface area contributed by atoms with E-state index in [4.69, 9.17) is 0 Å². The van der Waals surface area contributed by atoms with E-state index in [1.165, 1.54) is 0 Å². The molecule has 1 unspecified atom stereocenters. The van der Waals surface area contributed by atoms with Crippen LogP contribution in [0.5, 0.6) is 0 Å². The fraction of sp³-hybridized carbons (Fsp3) is 0.474. The number of hydrogen-bond acceptors (Lipinski definition) is 5. The molecular formula is C19H23N7O. The quantitative estimate of drug-likeness (QED) is 0.745. The summed E-state index contributed by atoms with van der Waals surface area (Å²) in [5.41, 5.74) is 3.74. The van der Waals surface area contributed by atoms with Gasteiger partial charge in [-0.3, -0.25) is 9.89 Å². The van der Waals surface area contributed by atoms with Crippen molar-refractivity contribution in [1.82, 2.24) is 29.7 Å². The summed E-state index contributed by atoms with van der Waals surface area (Å²) < 4.78 is 1.78. The Morgan fingerprint density at radius 2 is 2.07 bits per heavy atom. The second-order valence-corrected chi connectivity index (χ2v) is 7.58. The SMILES string of the molecule is CC1CCc2[nH]nc(C(=O)N3CCN(c4ccc5nccn5n4)CC3)c2C1. The number of carbonyl (C=O) groups is 1. The number of nitrogens with zero attached hydrogens (tertiary/aromatic N) is 6. The van der Waals surface area contributed by atoms with Gasteiger partial charge in [-0.25, -0.2) is 9.50 Å². The van der Waals surface area contributed by atoms with E-state index in [0.29, 0.717) is 24.7 Å². The number of aromatic amines is 1. The van der Waals surface area contributed by atoms with Crippen LogP contribution in [0.4, 0.5) is 5.82 Å². The number of fused-ring (bicyclic) bond motifs is 2. The Kier molecular flexibility index (Phi) is 3.84. The zero-order valence-corrected chi connectivity index (χ0v) is 15.4. The number of aryl methyl sites for hydroxylation is 1. The monoisotopic (exact) mass is 365 g/mol. The molecule has 0 bridgehead atoms. The van der Waals surface area contributed by atoms with E-state index in [2.05, 4.69) is 32.1 Å². The molecule has 27 heavy (non-hydrogen) atoms. The van der Waals surface area contributed by atoms with Gasteiger partial charge in [-0.15, -0.1) is 5.10 Å². The van der Waals surface area contributed by atoms with Crippen LogP contribution in [-0.2, 0) is 12.8 Å². The van der Waals surface area contributed by atoms with Gasteiger partial charge in [0, 0.05) is 49.8 Å². The maximum Gasteiger partial charge on any atom is 0.274 e. The summed E-state index contributed by atoms with van der Waals surface area (Å²) in [5, 5.41) is 12.1. The second-order valence-electron chi connectivity index (χ2n) is 7.58. The highest BCUT2D eigenvalue weighted by Gasteiger charge is 2.29. The van der Waals surface area contributed by atoms with Gasteiger partial charge < -0.3 is 9.80 Å². The Morgan fingerprint density at radius 1 is 1.22 bits per heavy atom. The normalized spacial score (nSPS) is 20.1. The van der Waals surface area contributed by atoms with Crippen LogP contribution in [0.2, 0.25) is 0 Å². The van der Waals surface area contributed by atoms with Crippen LogP contribution >= 0.6 is 0 Å². The molecule has 3 aromatic rings. The van der Waals surface area contributed by atoms with Crippen LogP contribution in [0.15, 0.2) is 24.5 Å². The molecule has 0 spiro atoms. The van der Waals surface area contributed by atoms with Gasteiger partial charge >= 0.3 is 0 Å². The first-order valence-electron chi connectivity index (χ1n) is 9.60. The van der Waals surface area contributed by atoms with Crippen LogP contribution in [0.3, 0.4) is 0 Å². The van der Waals surface area contributed by atoms with Gasteiger partial charge in [0.15, 0.2) is 11.3 Å². The van der Waals surface area contributed by atoms with Gasteiger partial charge in [0.1, 0.15) is 5.82 Å². The molecule has 8 heteroatoms. The van der Waals surface area contributed by atoms with Crippen molar-refractivity contribution in [2.45, 2.75) is 26.2 Å². The summed E-state index contributed by atoms with van der Waals surface area (Å²) in [5.74, 6) is 1.58. The maximum atomic E-state index is 13.0. The molecule has 1 saturated heterocycles. The highest BCUT2D eigenvalue weighted by atomic mass is 16.2. The number of H-pyrrole nitrogens is 1. The van der Waals surface area contributed by atoms with Crippen molar-refractivity contribution in [3.8, 4) is 0 Å². The number of amides is 1. The number of carbonyl (C=O) groups excluding carboxylic acids is 1. The molecule has 140 valence electrons. The molecule has 1 aliphatic heterocycles. The van der Waals surface area contributed by atoms with Gasteiger partial charge in [-0.2, -0.15) is 5.10 Å². The molecule has 1 amide bonds. The Balaban J connectivity index is 1.29. The zero-order chi connectivity index (χ0) is 18.4. The lowest BCUT2D eigenvalue weighted by Crippen LogP contribution is -2.49. The van der Waals surface area contributed by atoms with Crippen molar-refractivity contribution in [3.63, 3.8) is 0 Å². The van der Waals surface area contributed by atoms with Crippen molar-refractivity contribution in [2.75, 3.05) is 31.1 Å². The van der Waals surface area contributed by atoms with Gasteiger partial charge in [0.05, 0.1) is 0 Å². The van der Waals surface area contributed by atoms with Crippen molar-refractivity contribution in [2.24, 2.45) is 5.92 Å². The predicted molar refractivity (Wildman–Crippen MR) is 101 cm³/mol. The number of aromatic nitrogens is 5. The van der Waals surface area contributed by atoms with Crippen molar-refractivity contribution >= 4 is 17.4 Å². The first kappa shape index (κ1) is 16.3. The van der Waals surface area contributed by atoms with Crippen LogP contribution in [0.25, 0.3) is 5.65 Å². The molecule has 0 radical (unpaired) electrons. The molecule has 5 rings (SSSR count). The fourth-order valence-corrected chi connectivity index (χ4v) is 4.11. The number of rotatable bonds is 2. The number of hydrogen-bond donors (Lipinski definition) is 1. The largest absolute Gasteiger partial charge is 0.352 e. The molecule has 4 heterocycles. The standard InChI is InChI=1S/C19H23N7O/c1-13-2-3-15-14(12-13)18(22-21-15)19(27)25-10-8-24(9-11-25)17-5-4-16-20-6-7-26(16)23-17/h4-7,13H,2-3,8-12H2,1H3,(H,21,22). The third-order valence-electron chi connectivity index (χ3n) is 5.73. The minimum Gasteiger partial charge on any atom is -0.352 e. The lowest BCUT2D eigenvalue weighted by atomic mass is 9.87. The Bertz CT molecular complexity index is 983. The smallest absolute Gasteiger partial charge is 0.274 e. The van der Waals surface area contributed by atoms with Gasteiger partial charge in [0.25, 0.3) is 5.91 Å². The van der Waals surface area contributed by atoms with E-state index >= 15 is 0 Å². The van der Waals surface area contributed by atoms with E-state index in [9.17, 15) is 4.79 Å². The summed E-state index contributed by atoms with van der Waals surface area (Å²) in [7, 11) is 0. The van der Waals surface area contributed by atoms with E-state index in [0.717, 1.165) is 55.1 Å². The third kappa shape index (κ3) is 2.85. The van der Waals surface area contributed by atoms with Crippen molar-refractivity contribution < 1.29 is 4.79 Å². The molecule has 0 saturated carbocycles. The number of nitrogens with one attached hydrogen (secondary N) is 1. The number of imidazole rings is 1. The van der Waals surface area contributed by atoms with Crippen molar-refractivity contribution in [1.29, 1.82) is 0 Å². The summed E-state index contributed by atoms with van der Waals surface area (Å²) >= 11 is 0. The van der Waals surface area contributed by atoms with Gasteiger partial charge in [-0.1, -0.05) is 6.92 Å². The maximum absolute atomic E-state index is 13.0. The molecule has 1 fully saturated rings. The topological polar surface area (TPSA) is 82.4 Å². The molecule has 1 atom stereocenters. The van der Waals surface area contributed by atoms with Crippen molar-refractivity contribution in [3.05, 3.63) is 41.5 Å². The molecule has 1 aliphatic carbocycles. The predicted octanol–water partition coefficient (Wildman–Crippen LogP) is 1.54. The summed E-state index contributed by atoms with van der Waals surface area (Å²) in [4.78, 5) is 21.4. The summed E-state index contributed by atoms with van der Waals surface area (Å²) in [6, 6.07) is 3.96. The minimum atomic E-state index is 0.0549. The van der Waals surface area contributed by atoms with Crippen LogP contribution in [-0.4, -0.2) is 61.8 Å². The van der Waals surface area contributed by atoms with Crippen LogP contribution in [0, 0.1) is 5.92 Å². The highest BCUT2D eigenvalue weighted by molar-refractivity contribution is 5.94. The molecule has 2 aliphatic rings. The van der Waals surface area contributed by atoms with E-state index in [1.807, 2.05) is 23.2 Å². The minimum absolute atomic E-state index is 0.0549. The fourth-order valence-electron chi connectivity index (χ4n) is 4.11. The molecule has 1 N–H and O–H groups in total. The number of anilines is 1. The highest BCUT2D eigenvalue weighted by Crippen LogP contribution is 2.27. The third-order valence-corrected chi connectivity index (χ3v) is 5.73. The number of piperazine rings is 1. The summed E-state index contributed by atoms with van der Waals surface area (Å²) in [6.07, 6.45) is 6.69. The zero-order valence-electron chi connectivity index (χ0n) is 15.4. The average molecular weight is 365 g/mol. The second kappa shape index (κ2) is 6.37. The van der Waals surface area contributed by atoms with E-state index < -0.39 is 0 Å². The Labute approximate surface area is 157 Å². The first-order valence-corrected chi connectivity index (χ1v) is 9.60. The van der Waals surface area contributed by atoms with E-state index in [1.54, 1.807) is 10.7 Å². The van der Waals surface area contributed by atoms with Crippen LogP contribution < -0.4 is 4.90 Å². The molecular weight excluding hydrogens is 342 g/mol. The molecule has 3 aromatic heterocycles.